The van der Waals surface area contributed by atoms with Crippen molar-refractivity contribution in [1.29, 1.82) is 0 Å². The summed E-state index contributed by atoms with van der Waals surface area (Å²) in [5.41, 5.74) is 2.20. The van der Waals surface area contributed by atoms with E-state index in [4.69, 9.17) is 21.1 Å². The molecule has 1 N–H and O–H groups in total. The molecule has 0 atom stereocenters. The summed E-state index contributed by atoms with van der Waals surface area (Å²) in [6.07, 6.45) is 4.88. The van der Waals surface area contributed by atoms with Crippen LogP contribution in [0.5, 0.6) is 11.5 Å². The zero-order chi connectivity index (χ0) is 20.2. The number of hydrogen-bond donors (Lipinski definition) is 1. The lowest BCUT2D eigenvalue weighted by Crippen LogP contribution is -2.00. The van der Waals surface area contributed by atoms with Gasteiger partial charge in [0.2, 0.25) is 0 Å². The van der Waals surface area contributed by atoms with E-state index in [0.717, 1.165) is 10.9 Å². The Morgan fingerprint density at radius 2 is 2.00 bits per heavy atom. The van der Waals surface area contributed by atoms with Crippen LogP contribution < -0.4 is 14.8 Å². The molecule has 2 aromatic heterocycles. The van der Waals surface area contributed by atoms with Crippen LogP contribution in [-0.4, -0.2) is 22.1 Å². The summed E-state index contributed by atoms with van der Waals surface area (Å²) in [6, 6.07) is 11.7. The smallest absolute Gasteiger partial charge is 0.162 e. The number of halogens is 2. The largest absolute Gasteiger partial charge is 0.493 e. The minimum Gasteiger partial charge on any atom is -0.493 e. The molecule has 146 valence electrons. The highest BCUT2D eigenvalue weighted by molar-refractivity contribution is 6.31. The van der Waals surface area contributed by atoms with Crippen molar-refractivity contribution < 1.29 is 13.9 Å². The van der Waals surface area contributed by atoms with E-state index < -0.39 is 5.82 Å². The van der Waals surface area contributed by atoms with E-state index >= 15 is 0 Å². The molecule has 8 heteroatoms. The Bertz CT molecular complexity index is 1160. The van der Waals surface area contributed by atoms with Crippen molar-refractivity contribution in [1.82, 2.24) is 15.0 Å². The molecule has 6 nitrogen and oxygen atoms in total. The van der Waals surface area contributed by atoms with E-state index in [9.17, 15) is 4.39 Å². The standard InChI is InChI=1S/C21H16ClFN4O2/c1-28-19-9-18-15(8-20(19)29-11-13-3-2-6-24-10-13)21(26-12-25-18)27-14-4-5-17(23)16(22)7-14/h2-10,12H,11H2,1H3,(H,25,26,27). The van der Waals surface area contributed by atoms with Crippen LogP contribution in [0.2, 0.25) is 5.02 Å². The maximum Gasteiger partial charge on any atom is 0.162 e. The fourth-order valence-corrected chi connectivity index (χ4v) is 2.97. The summed E-state index contributed by atoms with van der Waals surface area (Å²) in [6.45, 7) is 0.333. The molecule has 29 heavy (non-hydrogen) atoms. The molecular weight excluding hydrogens is 395 g/mol. The molecule has 2 aromatic carbocycles. The second kappa shape index (κ2) is 8.28. The number of anilines is 2. The lowest BCUT2D eigenvalue weighted by Gasteiger charge is -2.14. The van der Waals surface area contributed by atoms with Gasteiger partial charge >= 0.3 is 0 Å². The van der Waals surface area contributed by atoms with Crippen LogP contribution in [-0.2, 0) is 6.61 Å². The maximum absolute atomic E-state index is 13.4. The predicted molar refractivity (Wildman–Crippen MR) is 109 cm³/mol. The first-order chi connectivity index (χ1) is 14.1. The van der Waals surface area contributed by atoms with Crippen LogP contribution in [0.4, 0.5) is 15.9 Å². The quantitative estimate of drug-likeness (QED) is 0.474. The fraction of sp³-hybridized carbons (Fsp3) is 0.0952. The Hall–Kier alpha value is -3.45. The highest BCUT2D eigenvalue weighted by Gasteiger charge is 2.13. The molecule has 0 saturated heterocycles. The third-order valence-electron chi connectivity index (χ3n) is 4.22. The molecule has 0 aliphatic carbocycles. The van der Waals surface area contributed by atoms with Crippen LogP contribution in [0.25, 0.3) is 10.9 Å². The Morgan fingerprint density at radius 1 is 1.10 bits per heavy atom. The number of aromatic nitrogens is 3. The third-order valence-corrected chi connectivity index (χ3v) is 4.51. The zero-order valence-corrected chi connectivity index (χ0v) is 16.2. The van der Waals surface area contributed by atoms with Gasteiger partial charge in [0.1, 0.15) is 24.6 Å². The molecular formula is C21H16ClFN4O2. The molecule has 2 heterocycles. The lowest BCUT2D eigenvalue weighted by atomic mass is 10.2. The molecule has 0 saturated carbocycles. The molecule has 0 aliphatic heterocycles. The van der Waals surface area contributed by atoms with E-state index in [1.54, 1.807) is 37.7 Å². The first kappa shape index (κ1) is 18.9. The van der Waals surface area contributed by atoms with Crippen LogP contribution in [0.3, 0.4) is 0 Å². The number of fused-ring (bicyclic) bond motifs is 1. The van der Waals surface area contributed by atoms with Gasteiger partial charge in [-0.3, -0.25) is 4.98 Å². The van der Waals surface area contributed by atoms with Gasteiger partial charge in [-0.05, 0) is 30.3 Å². The lowest BCUT2D eigenvalue weighted by molar-refractivity contribution is 0.284. The molecule has 0 unspecified atom stereocenters. The SMILES string of the molecule is COc1cc2ncnc(Nc3ccc(F)c(Cl)c3)c2cc1OCc1cccnc1. The van der Waals surface area contributed by atoms with Crippen LogP contribution in [0.15, 0.2) is 61.2 Å². The van der Waals surface area contributed by atoms with E-state index in [0.29, 0.717) is 35.1 Å². The van der Waals surface area contributed by atoms with Crippen molar-refractivity contribution in [2.75, 3.05) is 12.4 Å². The monoisotopic (exact) mass is 410 g/mol. The summed E-state index contributed by atoms with van der Waals surface area (Å²) in [5, 5.41) is 3.89. The topological polar surface area (TPSA) is 69.2 Å². The number of nitrogens with zero attached hydrogens (tertiary/aromatic N) is 3. The van der Waals surface area contributed by atoms with Gasteiger partial charge < -0.3 is 14.8 Å². The average Bonchev–Trinajstić information content (AvgIpc) is 2.75. The van der Waals surface area contributed by atoms with Crippen LogP contribution in [0, 0.1) is 5.82 Å². The minimum atomic E-state index is -0.486. The average molecular weight is 411 g/mol. The molecule has 0 radical (unpaired) electrons. The van der Waals surface area contributed by atoms with Crippen molar-refractivity contribution >= 4 is 34.0 Å². The number of pyridine rings is 1. The number of nitrogens with one attached hydrogen (secondary N) is 1. The summed E-state index contributed by atoms with van der Waals surface area (Å²) < 4.78 is 24.8. The summed E-state index contributed by atoms with van der Waals surface area (Å²) in [4.78, 5) is 12.7. The van der Waals surface area contributed by atoms with Crippen molar-refractivity contribution in [3.63, 3.8) is 0 Å². The molecule has 0 fully saturated rings. The Morgan fingerprint density at radius 3 is 2.76 bits per heavy atom. The van der Waals surface area contributed by atoms with Gasteiger partial charge in [0.05, 0.1) is 17.6 Å². The summed E-state index contributed by atoms with van der Waals surface area (Å²) in [7, 11) is 1.57. The molecule has 0 bridgehead atoms. The minimum absolute atomic E-state index is 0.0236. The van der Waals surface area contributed by atoms with Crippen molar-refractivity contribution in [2.24, 2.45) is 0 Å². The number of ether oxygens (including phenoxy) is 2. The molecule has 0 aliphatic rings. The third kappa shape index (κ3) is 4.20. The summed E-state index contributed by atoms with van der Waals surface area (Å²) >= 11 is 5.87. The highest BCUT2D eigenvalue weighted by Crippen LogP contribution is 2.35. The van der Waals surface area contributed by atoms with Gasteiger partial charge in [-0.15, -0.1) is 0 Å². The van der Waals surface area contributed by atoms with Gasteiger partial charge in [-0.2, -0.15) is 0 Å². The van der Waals surface area contributed by atoms with E-state index in [1.807, 2.05) is 12.1 Å². The van der Waals surface area contributed by atoms with Gasteiger partial charge in [0.25, 0.3) is 0 Å². The molecule has 4 rings (SSSR count). The van der Waals surface area contributed by atoms with E-state index in [1.165, 1.54) is 18.5 Å². The Kier molecular flexibility index (Phi) is 5.39. The van der Waals surface area contributed by atoms with E-state index in [2.05, 4.69) is 20.3 Å². The molecule has 0 spiro atoms. The normalized spacial score (nSPS) is 10.7. The molecule has 4 aromatic rings. The highest BCUT2D eigenvalue weighted by atomic mass is 35.5. The van der Waals surface area contributed by atoms with Crippen molar-refractivity contribution in [3.05, 3.63) is 77.6 Å². The maximum atomic E-state index is 13.4. The molecule has 0 amide bonds. The van der Waals surface area contributed by atoms with Crippen LogP contribution in [0.1, 0.15) is 5.56 Å². The van der Waals surface area contributed by atoms with Crippen molar-refractivity contribution in [2.45, 2.75) is 6.61 Å². The number of hydrogen-bond acceptors (Lipinski definition) is 6. The van der Waals surface area contributed by atoms with Gasteiger partial charge in [-0.1, -0.05) is 17.7 Å². The Balaban J connectivity index is 1.69. The first-order valence-electron chi connectivity index (χ1n) is 8.70. The number of rotatable bonds is 6. The second-order valence-corrected chi connectivity index (χ2v) is 6.55. The fourth-order valence-electron chi connectivity index (χ4n) is 2.79. The predicted octanol–water partition coefficient (Wildman–Crippen LogP) is 5.15. The first-order valence-corrected chi connectivity index (χ1v) is 9.08. The Labute approximate surface area is 171 Å². The summed E-state index contributed by atoms with van der Waals surface area (Å²) in [5.74, 6) is 1.14. The second-order valence-electron chi connectivity index (χ2n) is 6.15. The number of benzene rings is 2. The van der Waals surface area contributed by atoms with Crippen molar-refractivity contribution in [3.8, 4) is 11.5 Å². The van der Waals surface area contributed by atoms with Gasteiger partial charge in [-0.25, -0.2) is 14.4 Å². The van der Waals surface area contributed by atoms with Gasteiger partial charge in [0.15, 0.2) is 11.5 Å². The zero-order valence-electron chi connectivity index (χ0n) is 15.4. The van der Waals surface area contributed by atoms with Crippen LogP contribution >= 0.6 is 11.6 Å². The van der Waals surface area contributed by atoms with E-state index in [-0.39, 0.29) is 5.02 Å². The van der Waals surface area contributed by atoms with Gasteiger partial charge in [0, 0.05) is 35.1 Å². The number of methoxy groups -OCH3 is 1.